The summed E-state index contributed by atoms with van der Waals surface area (Å²) in [5.41, 5.74) is 5.91. The van der Waals surface area contributed by atoms with Gasteiger partial charge in [-0.25, -0.2) is 4.58 Å². The van der Waals surface area contributed by atoms with Crippen molar-refractivity contribution in [2.75, 3.05) is 0 Å². The molecule has 0 aliphatic heterocycles. The Morgan fingerprint density at radius 2 is 1.18 bits per heavy atom. The molecular formula is C13H24Cl2N2. The van der Waals surface area contributed by atoms with Crippen LogP contribution in [0.5, 0.6) is 0 Å². The normalized spacial score (nSPS) is 22.9. The van der Waals surface area contributed by atoms with E-state index in [0.29, 0.717) is 17.4 Å². The van der Waals surface area contributed by atoms with E-state index in [0.717, 1.165) is 0 Å². The van der Waals surface area contributed by atoms with Crippen LogP contribution in [0.3, 0.4) is 0 Å². The predicted octanol–water partition coefficient (Wildman–Crippen LogP) is 0.222. The van der Waals surface area contributed by atoms with Gasteiger partial charge >= 0.3 is 5.29 Å². The summed E-state index contributed by atoms with van der Waals surface area (Å²) in [6.45, 7) is 0. The Kier molecular flexibility index (Phi) is 6.65. The number of hydrogen-bond donors (Lipinski definition) is 1. The van der Waals surface area contributed by atoms with Crippen molar-refractivity contribution in [3.05, 3.63) is 0 Å². The first kappa shape index (κ1) is 15.1. The van der Waals surface area contributed by atoms with Crippen LogP contribution in [-0.4, -0.2) is 22.0 Å². The van der Waals surface area contributed by atoms with Gasteiger partial charge in [0.1, 0.15) is 0 Å². The molecule has 0 radical (unpaired) electrons. The van der Waals surface area contributed by atoms with Gasteiger partial charge in [-0.3, -0.25) is 5.73 Å². The number of halogens is 2. The van der Waals surface area contributed by atoms with Crippen molar-refractivity contribution in [1.82, 2.24) is 0 Å². The molecule has 0 atom stereocenters. The van der Waals surface area contributed by atoms with Gasteiger partial charge in [-0.2, -0.15) is 0 Å². The van der Waals surface area contributed by atoms with Crippen molar-refractivity contribution < 1.29 is 17.0 Å². The average molecular weight is 279 g/mol. The van der Waals surface area contributed by atoms with Gasteiger partial charge in [-0.1, -0.05) is 12.8 Å². The summed E-state index contributed by atoms with van der Waals surface area (Å²) in [6, 6.07) is 1.24. The molecule has 2 N–H and O–H groups in total. The molecule has 2 aliphatic carbocycles. The molecule has 0 heterocycles. The highest BCUT2D eigenvalue weighted by molar-refractivity contribution is 6.62. The van der Waals surface area contributed by atoms with Crippen molar-refractivity contribution >= 4 is 16.9 Å². The summed E-state index contributed by atoms with van der Waals surface area (Å²) in [5.74, 6) is 0. The fraction of sp³-hybridized carbons (Fsp3) is 0.923. The van der Waals surface area contributed by atoms with E-state index in [1.165, 1.54) is 64.2 Å². The van der Waals surface area contributed by atoms with Crippen LogP contribution in [0.1, 0.15) is 64.2 Å². The fourth-order valence-corrected chi connectivity index (χ4v) is 3.64. The Morgan fingerprint density at radius 1 is 0.824 bits per heavy atom. The number of nitrogens with two attached hydrogens (primary N) is 1. The van der Waals surface area contributed by atoms with Gasteiger partial charge < -0.3 is 12.4 Å². The minimum absolute atomic E-state index is 0. The highest BCUT2D eigenvalue weighted by atomic mass is 35.5. The molecule has 0 aromatic carbocycles. The monoisotopic (exact) mass is 278 g/mol. The van der Waals surface area contributed by atoms with Gasteiger partial charge in [0.2, 0.25) is 0 Å². The van der Waals surface area contributed by atoms with Gasteiger partial charge in [0.25, 0.3) is 0 Å². The summed E-state index contributed by atoms with van der Waals surface area (Å²) in [6.07, 6.45) is 13.3. The van der Waals surface area contributed by atoms with Crippen LogP contribution in [0.25, 0.3) is 0 Å². The van der Waals surface area contributed by atoms with E-state index in [2.05, 4.69) is 4.58 Å². The molecule has 0 bridgehead atoms. The quantitative estimate of drug-likeness (QED) is 0.333. The Balaban J connectivity index is 0.00000144. The molecule has 0 spiro atoms. The van der Waals surface area contributed by atoms with Crippen LogP contribution < -0.4 is 18.1 Å². The van der Waals surface area contributed by atoms with Crippen LogP contribution >= 0.6 is 11.6 Å². The topological polar surface area (TPSA) is 29.0 Å². The second-order valence-electron chi connectivity index (χ2n) is 5.31. The Hall–Kier alpha value is 0.0500. The van der Waals surface area contributed by atoms with Crippen molar-refractivity contribution in [3.8, 4) is 0 Å². The van der Waals surface area contributed by atoms with Crippen molar-refractivity contribution in [3.63, 3.8) is 0 Å². The Morgan fingerprint density at radius 3 is 1.47 bits per heavy atom. The molecule has 0 amide bonds. The molecule has 2 nitrogen and oxygen atoms in total. The standard InChI is InChI=1S/C13H23ClN2.ClH/c14-13(15)16(11-7-3-1-4-8-11)12-9-5-2-6-10-12;/h11-12,15H,1-10H2;1H. The van der Waals surface area contributed by atoms with Crippen molar-refractivity contribution in [2.24, 2.45) is 5.73 Å². The van der Waals surface area contributed by atoms with Crippen molar-refractivity contribution in [2.45, 2.75) is 76.3 Å². The van der Waals surface area contributed by atoms with Crippen LogP contribution in [0.15, 0.2) is 0 Å². The number of hydrogen-bond acceptors (Lipinski definition) is 0. The number of amidine groups is 1. The summed E-state index contributed by atoms with van der Waals surface area (Å²) >= 11 is 6.13. The van der Waals surface area contributed by atoms with Crippen LogP contribution in [0.2, 0.25) is 0 Å². The third kappa shape index (κ3) is 4.03. The average Bonchev–Trinajstić information content (AvgIpc) is 2.31. The lowest BCUT2D eigenvalue weighted by atomic mass is 9.90. The lowest BCUT2D eigenvalue weighted by molar-refractivity contribution is -0.606. The maximum Gasteiger partial charge on any atom is 0.341 e. The van der Waals surface area contributed by atoms with E-state index < -0.39 is 0 Å². The Labute approximate surface area is 116 Å². The number of rotatable bonds is 2. The van der Waals surface area contributed by atoms with E-state index in [1.54, 1.807) is 0 Å². The number of nitrogens with zero attached hydrogens (tertiary/aromatic N) is 1. The Bertz CT molecular complexity index is 230. The second-order valence-corrected chi connectivity index (χ2v) is 5.70. The minimum Gasteiger partial charge on any atom is -1.00 e. The summed E-state index contributed by atoms with van der Waals surface area (Å²) in [7, 11) is 0. The zero-order chi connectivity index (χ0) is 11.4. The molecular weight excluding hydrogens is 255 g/mol. The SMILES string of the molecule is NC(Cl)=[N+](C1CCCCC1)C1CCCCC1.[Cl-]. The summed E-state index contributed by atoms with van der Waals surface area (Å²) < 4.78 is 2.35. The lowest BCUT2D eigenvalue weighted by Crippen LogP contribution is -3.00. The first-order valence-corrected chi connectivity index (χ1v) is 7.23. The van der Waals surface area contributed by atoms with E-state index in [9.17, 15) is 0 Å². The highest BCUT2D eigenvalue weighted by Gasteiger charge is 2.30. The zero-order valence-corrected chi connectivity index (χ0v) is 12.0. The molecule has 0 aromatic heterocycles. The molecule has 0 aromatic rings. The maximum absolute atomic E-state index is 6.13. The molecule has 100 valence electrons. The predicted molar refractivity (Wildman–Crippen MR) is 69.1 cm³/mol. The molecule has 2 fully saturated rings. The largest absolute Gasteiger partial charge is 1.00 e. The van der Waals surface area contributed by atoms with Crippen LogP contribution in [0.4, 0.5) is 0 Å². The van der Waals surface area contributed by atoms with Gasteiger partial charge in [-0.15, -0.1) is 0 Å². The molecule has 2 aliphatic rings. The van der Waals surface area contributed by atoms with Gasteiger partial charge in [-0.05, 0) is 51.4 Å². The molecule has 0 saturated heterocycles. The molecule has 17 heavy (non-hydrogen) atoms. The molecule has 0 unspecified atom stereocenters. The maximum atomic E-state index is 6.13. The van der Waals surface area contributed by atoms with Gasteiger partial charge in [0.15, 0.2) is 0 Å². The van der Waals surface area contributed by atoms with Gasteiger partial charge in [0.05, 0.1) is 12.1 Å². The van der Waals surface area contributed by atoms with Crippen LogP contribution in [0, 0.1) is 0 Å². The highest BCUT2D eigenvalue weighted by Crippen LogP contribution is 2.27. The fourth-order valence-electron chi connectivity index (χ4n) is 3.37. The van der Waals surface area contributed by atoms with E-state index in [1.807, 2.05) is 0 Å². The molecule has 4 heteroatoms. The second kappa shape index (κ2) is 7.48. The van der Waals surface area contributed by atoms with Crippen LogP contribution in [-0.2, 0) is 0 Å². The van der Waals surface area contributed by atoms with E-state index in [-0.39, 0.29) is 12.4 Å². The van der Waals surface area contributed by atoms with Crippen molar-refractivity contribution in [1.29, 1.82) is 0 Å². The first-order valence-electron chi connectivity index (χ1n) is 6.85. The lowest BCUT2D eigenvalue weighted by Gasteiger charge is -2.31. The third-order valence-corrected chi connectivity index (χ3v) is 4.38. The molecule has 2 rings (SSSR count). The van der Waals surface area contributed by atoms with E-state index >= 15 is 0 Å². The summed E-state index contributed by atoms with van der Waals surface area (Å²) in [4.78, 5) is 0. The smallest absolute Gasteiger partial charge is 0.341 e. The van der Waals surface area contributed by atoms with E-state index in [4.69, 9.17) is 17.3 Å². The van der Waals surface area contributed by atoms with Gasteiger partial charge in [0, 0.05) is 11.6 Å². The molecule has 2 saturated carbocycles. The third-order valence-electron chi connectivity index (χ3n) is 4.18. The first-order chi connectivity index (χ1) is 7.79. The zero-order valence-electron chi connectivity index (χ0n) is 10.5. The summed E-state index contributed by atoms with van der Waals surface area (Å²) in [5, 5.41) is 0.541. The minimum atomic E-state index is 0.